The molecular weight excluding hydrogens is 969 g/mol. The van der Waals surface area contributed by atoms with Gasteiger partial charge >= 0.3 is 5.97 Å². The number of esters is 1. The Morgan fingerprint density at radius 1 is 0.479 bits per heavy atom. The Morgan fingerprint density at radius 2 is 0.873 bits per heavy atom. The van der Waals surface area contributed by atoms with E-state index in [1.807, 2.05) is 152 Å². The van der Waals surface area contributed by atoms with E-state index < -0.39 is 77.1 Å². The zero-order valence-electron chi connectivity index (χ0n) is 39.0. The number of rotatable bonds is 21. The summed E-state index contributed by atoms with van der Waals surface area (Å²) in [7, 11) is 0. The van der Waals surface area contributed by atoms with Crippen molar-refractivity contribution in [2.75, 3.05) is 6.61 Å². The summed E-state index contributed by atoms with van der Waals surface area (Å²) in [6.45, 7) is 2.53. The molecule has 2 aliphatic rings. The molecule has 12 nitrogen and oxygen atoms in total. The molecule has 2 heterocycles. The number of hydrogen-bond donors (Lipinski definition) is 1. The molecule has 6 aromatic rings. The molecular formula is C56H56Cl3NO11. The van der Waals surface area contributed by atoms with Crippen LogP contribution in [-0.4, -0.2) is 83.7 Å². The molecule has 15 heteroatoms. The number of alkyl halides is 3. The van der Waals surface area contributed by atoms with Crippen LogP contribution in [0.2, 0.25) is 0 Å². The van der Waals surface area contributed by atoms with Crippen molar-refractivity contribution in [3.63, 3.8) is 0 Å². The van der Waals surface area contributed by atoms with Gasteiger partial charge in [0.25, 0.3) is 3.79 Å². The van der Waals surface area contributed by atoms with E-state index in [0.717, 1.165) is 27.8 Å². The molecule has 10 atom stereocenters. The lowest BCUT2D eigenvalue weighted by Crippen LogP contribution is -2.66. The first-order valence-electron chi connectivity index (χ1n) is 23.4. The van der Waals surface area contributed by atoms with Crippen molar-refractivity contribution in [1.29, 1.82) is 5.41 Å². The molecule has 6 aromatic carbocycles. The molecule has 0 saturated carbocycles. The van der Waals surface area contributed by atoms with E-state index in [0.29, 0.717) is 0 Å². The Balaban J connectivity index is 1.22. The first-order valence-corrected chi connectivity index (χ1v) is 24.5. The van der Waals surface area contributed by atoms with Crippen LogP contribution in [0.1, 0.15) is 45.1 Å². The Kier molecular flexibility index (Phi) is 19.1. The average molecular weight is 1030 g/mol. The van der Waals surface area contributed by atoms with Gasteiger partial charge in [0.2, 0.25) is 12.2 Å². The third-order valence-corrected chi connectivity index (χ3v) is 12.4. The smallest absolute Gasteiger partial charge is 0.338 e. The van der Waals surface area contributed by atoms with Gasteiger partial charge in [-0.3, -0.25) is 5.41 Å². The van der Waals surface area contributed by atoms with Crippen LogP contribution in [0.4, 0.5) is 0 Å². The number of hydrogen-bond acceptors (Lipinski definition) is 12. The van der Waals surface area contributed by atoms with E-state index >= 15 is 0 Å². The fourth-order valence-corrected chi connectivity index (χ4v) is 8.42. The highest BCUT2D eigenvalue weighted by Crippen LogP contribution is 2.38. The van der Waals surface area contributed by atoms with Gasteiger partial charge in [0, 0.05) is 0 Å². The molecule has 0 unspecified atom stereocenters. The van der Waals surface area contributed by atoms with Crippen LogP contribution in [0.25, 0.3) is 0 Å². The minimum Gasteiger partial charge on any atom is -0.453 e. The van der Waals surface area contributed by atoms with Crippen molar-refractivity contribution in [3.8, 4) is 0 Å². The summed E-state index contributed by atoms with van der Waals surface area (Å²) in [5.74, 6) is -1.38. The second-order valence-corrected chi connectivity index (χ2v) is 19.4. The van der Waals surface area contributed by atoms with Gasteiger partial charge in [0.15, 0.2) is 18.5 Å². The third-order valence-electron chi connectivity index (χ3n) is 11.9. The molecule has 2 saturated heterocycles. The van der Waals surface area contributed by atoms with Crippen molar-refractivity contribution < 1.29 is 52.2 Å². The molecule has 8 rings (SSSR count). The minimum atomic E-state index is -2.27. The normalized spacial score (nSPS) is 24.5. The largest absolute Gasteiger partial charge is 0.453 e. The van der Waals surface area contributed by atoms with Crippen molar-refractivity contribution in [2.45, 2.75) is 105 Å². The van der Waals surface area contributed by atoms with E-state index in [4.69, 9.17) is 87.6 Å². The van der Waals surface area contributed by atoms with E-state index in [2.05, 4.69) is 0 Å². The summed E-state index contributed by atoms with van der Waals surface area (Å²) in [5.41, 5.74) is 4.76. The highest BCUT2D eigenvalue weighted by molar-refractivity contribution is 6.76. The van der Waals surface area contributed by atoms with Gasteiger partial charge in [-0.15, -0.1) is 0 Å². The molecule has 0 aliphatic carbocycles. The summed E-state index contributed by atoms with van der Waals surface area (Å²) < 4.78 is 64.9. The lowest BCUT2D eigenvalue weighted by Gasteiger charge is -2.49. The van der Waals surface area contributed by atoms with E-state index in [9.17, 15) is 4.79 Å². The van der Waals surface area contributed by atoms with Gasteiger partial charge in [0.1, 0.15) is 30.5 Å². The second-order valence-electron chi connectivity index (χ2n) is 17.1. The predicted molar refractivity (Wildman–Crippen MR) is 269 cm³/mol. The van der Waals surface area contributed by atoms with Crippen LogP contribution in [-0.2, 0) is 80.4 Å². The maximum absolute atomic E-state index is 14.1. The molecule has 0 bridgehead atoms. The SMILES string of the molecule is C[C@@H]1O[C@H](OC(=N)C(Cl)(Cl)Cl)[C@H](OCc2ccccc2)[C@H](O[C@H]2O[C@H](COCc3ccccc3)[C@@H](OCc3ccccc3)[C@H](OCc3ccccc3)[C@H]2OCc2ccccc2)[C@H]1OC(=O)c1ccccc1. The van der Waals surface area contributed by atoms with Crippen LogP contribution in [0.15, 0.2) is 182 Å². The molecule has 2 aliphatic heterocycles. The number of nitrogens with one attached hydrogen (secondary N) is 1. The zero-order valence-corrected chi connectivity index (χ0v) is 41.2. The van der Waals surface area contributed by atoms with Gasteiger partial charge < -0.3 is 47.4 Å². The van der Waals surface area contributed by atoms with E-state index in [1.54, 1.807) is 37.3 Å². The summed E-state index contributed by atoms with van der Waals surface area (Å²) in [6, 6.07) is 57.1. The van der Waals surface area contributed by atoms with Crippen LogP contribution in [0.5, 0.6) is 0 Å². The maximum Gasteiger partial charge on any atom is 0.338 e. The first kappa shape index (κ1) is 52.1. The maximum atomic E-state index is 14.1. The van der Waals surface area contributed by atoms with Gasteiger partial charge in [-0.25, -0.2) is 4.79 Å². The summed E-state index contributed by atoms with van der Waals surface area (Å²) in [4.78, 5) is 14.1. The number of halogens is 3. The molecule has 0 radical (unpaired) electrons. The predicted octanol–water partition coefficient (Wildman–Crippen LogP) is 11.0. The number of carbonyl (C=O) groups is 1. The quantitative estimate of drug-likeness (QED) is 0.0320. The minimum absolute atomic E-state index is 0.0110. The highest BCUT2D eigenvalue weighted by Gasteiger charge is 2.55. The highest BCUT2D eigenvalue weighted by atomic mass is 35.6. The van der Waals surface area contributed by atoms with Gasteiger partial charge in [-0.1, -0.05) is 205 Å². The lowest BCUT2D eigenvalue weighted by molar-refractivity contribution is -0.368. The monoisotopic (exact) mass is 1020 g/mol. The fraction of sp³-hybridized carbons (Fsp3) is 0.321. The Labute approximate surface area is 429 Å². The zero-order chi connectivity index (χ0) is 49.4. The summed E-state index contributed by atoms with van der Waals surface area (Å²) in [6.07, 6.45) is -10.9. The standard InChI is InChI=1S/C56H56Cl3NO11/c1-38-46(69-52(61)44-30-18-7-19-31-44)49(51(66-36-43-28-16-6-17-29-43)53(67-38)71-55(60)56(57,58)59)70-54-50(65-35-42-26-14-5-15-27-42)48(64-34-41-24-12-4-13-25-41)47(63-33-40-22-10-3-11-23-40)45(68-54)37-62-32-39-20-8-2-9-21-39/h2-31,38,45-51,53-54,60H,32-37H2,1H3/t38-,45+,46-,47+,48-,49+,50+,51+,53+,54+/m0/s1. The van der Waals surface area contributed by atoms with Gasteiger partial charge in [-0.2, -0.15) is 0 Å². The summed E-state index contributed by atoms with van der Waals surface area (Å²) in [5, 5.41) is 8.64. The molecule has 71 heavy (non-hydrogen) atoms. The van der Waals surface area contributed by atoms with Crippen LogP contribution in [0, 0.1) is 5.41 Å². The fourth-order valence-electron chi connectivity index (χ4n) is 8.29. The Hall–Kier alpha value is -5.19. The number of benzene rings is 6. The van der Waals surface area contributed by atoms with Crippen LogP contribution < -0.4 is 0 Å². The second kappa shape index (κ2) is 26.0. The first-order chi connectivity index (χ1) is 34.6. The van der Waals surface area contributed by atoms with E-state index in [1.165, 1.54) is 0 Å². The topological polar surface area (TPSA) is 133 Å². The molecule has 0 aromatic heterocycles. The van der Waals surface area contributed by atoms with Gasteiger partial charge in [0.05, 0.1) is 51.3 Å². The molecule has 372 valence electrons. The van der Waals surface area contributed by atoms with Crippen molar-refractivity contribution in [3.05, 3.63) is 215 Å². The number of ether oxygens (including phenoxy) is 10. The summed E-state index contributed by atoms with van der Waals surface area (Å²) >= 11 is 18.6. The average Bonchev–Trinajstić information content (AvgIpc) is 3.39. The molecule has 1 N–H and O–H groups in total. The molecule has 0 spiro atoms. The van der Waals surface area contributed by atoms with Gasteiger partial charge in [-0.05, 0) is 46.9 Å². The van der Waals surface area contributed by atoms with Crippen LogP contribution in [0.3, 0.4) is 0 Å². The molecule has 2 fully saturated rings. The van der Waals surface area contributed by atoms with Crippen molar-refractivity contribution in [2.24, 2.45) is 0 Å². The van der Waals surface area contributed by atoms with Crippen molar-refractivity contribution >= 4 is 46.7 Å². The number of carbonyl (C=O) groups excluding carboxylic acids is 1. The lowest BCUT2D eigenvalue weighted by atomic mass is 9.96. The molecule has 0 amide bonds. The third kappa shape index (κ3) is 14.9. The Morgan fingerprint density at radius 3 is 1.32 bits per heavy atom. The van der Waals surface area contributed by atoms with Crippen LogP contribution >= 0.6 is 34.8 Å². The van der Waals surface area contributed by atoms with E-state index in [-0.39, 0.29) is 45.2 Å². The Bertz CT molecular complexity index is 2510. The van der Waals surface area contributed by atoms with Crippen molar-refractivity contribution in [1.82, 2.24) is 0 Å².